The monoisotopic (exact) mass is 493 g/mol. The SMILES string of the molecule is O=C(NCc1ccccc1)c1cccc(C2CCN(C(=O)[O-])CC2OCc2ccc3ccccc3c2)c1. The van der Waals surface area contributed by atoms with Gasteiger partial charge >= 0.3 is 0 Å². The van der Waals surface area contributed by atoms with Gasteiger partial charge in [0.25, 0.3) is 5.91 Å². The Morgan fingerprint density at radius 1 is 0.865 bits per heavy atom. The Morgan fingerprint density at radius 3 is 2.46 bits per heavy atom. The van der Waals surface area contributed by atoms with Crippen LogP contribution in [0.3, 0.4) is 0 Å². The highest BCUT2D eigenvalue weighted by Gasteiger charge is 2.31. The van der Waals surface area contributed by atoms with E-state index in [1.54, 1.807) is 6.07 Å². The number of hydrogen-bond donors (Lipinski definition) is 1. The fourth-order valence-electron chi connectivity index (χ4n) is 4.96. The first kappa shape index (κ1) is 24.5. The molecule has 0 spiro atoms. The molecule has 37 heavy (non-hydrogen) atoms. The second kappa shape index (κ2) is 11.3. The molecule has 4 aromatic rings. The molecule has 2 unspecified atom stereocenters. The van der Waals surface area contributed by atoms with E-state index in [1.807, 2.05) is 66.7 Å². The Balaban J connectivity index is 1.31. The molecule has 6 nitrogen and oxygen atoms in total. The van der Waals surface area contributed by atoms with Gasteiger partial charge in [-0.3, -0.25) is 4.79 Å². The summed E-state index contributed by atoms with van der Waals surface area (Å²) >= 11 is 0. The molecule has 2 amide bonds. The summed E-state index contributed by atoms with van der Waals surface area (Å²) in [6.45, 7) is 1.41. The van der Waals surface area contributed by atoms with Gasteiger partial charge in [0.15, 0.2) is 0 Å². The third-order valence-corrected chi connectivity index (χ3v) is 6.97. The molecule has 1 heterocycles. The summed E-state index contributed by atoms with van der Waals surface area (Å²) in [4.78, 5) is 25.8. The highest BCUT2D eigenvalue weighted by Crippen LogP contribution is 2.32. The minimum absolute atomic E-state index is 0.0436. The Hall–Kier alpha value is -4.16. The number of likely N-dealkylation sites (tertiary alicyclic amines) is 1. The van der Waals surface area contributed by atoms with Crippen molar-refractivity contribution in [3.63, 3.8) is 0 Å². The van der Waals surface area contributed by atoms with Crippen LogP contribution in [-0.4, -0.2) is 36.1 Å². The first-order valence-electron chi connectivity index (χ1n) is 12.5. The van der Waals surface area contributed by atoms with Crippen LogP contribution in [-0.2, 0) is 17.9 Å². The van der Waals surface area contributed by atoms with Crippen LogP contribution in [0.15, 0.2) is 97.1 Å². The number of nitrogens with one attached hydrogen (secondary N) is 1. The summed E-state index contributed by atoms with van der Waals surface area (Å²) in [6.07, 6.45) is -0.960. The first-order chi connectivity index (χ1) is 18.1. The molecule has 0 aliphatic carbocycles. The molecule has 0 bridgehead atoms. The van der Waals surface area contributed by atoms with Crippen LogP contribution in [0.1, 0.15) is 39.4 Å². The minimum Gasteiger partial charge on any atom is -0.530 e. The summed E-state index contributed by atoms with van der Waals surface area (Å²) in [6, 6.07) is 31.7. The van der Waals surface area contributed by atoms with Crippen molar-refractivity contribution >= 4 is 22.8 Å². The van der Waals surface area contributed by atoms with Crippen LogP contribution < -0.4 is 10.4 Å². The van der Waals surface area contributed by atoms with E-state index in [4.69, 9.17) is 4.74 Å². The summed E-state index contributed by atoms with van der Waals surface area (Å²) in [5, 5.41) is 16.9. The van der Waals surface area contributed by atoms with Gasteiger partial charge in [0.2, 0.25) is 0 Å². The van der Waals surface area contributed by atoms with Crippen molar-refractivity contribution < 1.29 is 19.4 Å². The van der Waals surface area contributed by atoms with E-state index in [9.17, 15) is 14.7 Å². The van der Waals surface area contributed by atoms with Crippen molar-refractivity contribution in [2.45, 2.75) is 31.6 Å². The molecular weight excluding hydrogens is 464 g/mol. The van der Waals surface area contributed by atoms with Gasteiger partial charge in [-0.1, -0.05) is 78.9 Å². The summed E-state index contributed by atoms with van der Waals surface area (Å²) in [7, 11) is 0. The quantitative estimate of drug-likeness (QED) is 0.411. The highest BCUT2D eigenvalue weighted by atomic mass is 16.5. The normalized spacial score (nSPS) is 17.5. The average Bonchev–Trinajstić information content (AvgIpc) is 2.95. The van der Waals surface area contributed by atoms with Gasteiger partial charge in [0.1, 0.15) is 6.09 Å². The zero-order valence-electron chi connectivity index (χ0n) is 20.5. The summed E-state index contributed by atoms with van der Waals surface area (Å²) < 4.78 is 6.34. The van der Waals surface area contributed by atoms with Crippen molar-refractivity contribution in [2.24, 2.45) is 0 Å². The number of rotatable bonds is 7. The van der Waals surface area contributed by atoms with E-state index in [-0.39, 0.29) is 24.5 Å². The number of nitrogens with zero attached hydrogens (tertiary/aromatic N) is 1. The summed E-state index contributed by atoms with van der Waals surface area (Å²) in [5.74, 6) is -0.190. The van der Waals surface area contributed by atoms with E-state index < -0.39 is 6.09 Å². The lowest BCUT2D eigenvalue weighted by Gasteiger charge is -2.40. The Kier molecular flexibility index (Phi) is 7.47. The number of hydrogen-bond acceptors (Lipinski definition) is 4. The molecule has 2 atom stereocenters. The molecule has 6 heteroatoms. The number of carboxylic acid groups (broad SMARTS) is 1. The molecule has 0 aromatic heterocycles. The zero-order chi connectivity index (χ0) is 25.6. The molecule has 0 radical (unpaired) electrons. The number of carbonyl (C=O) groups is 2. The van der Waals surface area contributed by atoms with Crippen LogP contribution in [0, 0.1) is 0 Å². The van der Waals surface area contributed by atoms with Crippen LogP contribution in [0.25, 0.3) is 10.8 Å². The summed E-state index contributed by atoms with van der Waals surface area (Å²) in [5.41, 5.74) is 3.60. The van der Waals surface area contributed by atoms with Gasteiger partial charge in [-0.2, -0.15) is 0 Å². The number of piperidine rings is 1. The minimum atomic E-state index is -1.19. The van der Waals surface area contributed by atoms with Gasteiger partial charge in [-0.05, 0) is 52.1 Å². The van der Waals surface area contributed by atoms with Crippen molar-refractivity contribution in [3.05, 3.63) is 119 Å². The van der Waals surface area contributed by atoms with E-state index in [1.165, 1.54) is 4.90 Å². The van der Waals surface area contributed by atoms with E-state index in [0.29, 0.717) is 31.7 Å². The molecule has 1 N–H and O–H groups in total. The van der Waals surface area contributed by atoms with Crippen LogP contribution >= 0.6 is 0 Å². The fourth-order valence-corrected chi connectivity index (χ4v) is 4.96. The van der Waals surface area contributed by atoms with Crippen LogP contribution in [0.2, 0.25) is 0 Å². The van der Waals surface area contributed by atoms with Gasteiger partial charge in [0, 0.05) is 31.1 Å². The second-order valence-corrected chi connectivity index (χ2v) is 9.43. The Bertz CT molecular complexity index is 1390. The number of ether oxygens (including phenoxy) is 1. The number of fused-ring (bicyclic) bond motifs is 1. The predicted molar refractivity (Wildman–Crippen MR) is 141 cm³/mol. The van der Waals surface area contributed by atoms with Crippen molar-refractivity contribution in [3.8, 4) is 0 Å². The molecule has 188 valence electrons. The maximum absolute atomic E-state index is 12.9. The molecular formula is C31H29N2O4-. The number of amides is 2. The smallest absolute Gasteiger partial charge is 0.251 e. The van der Waals surface area contributed by atoms with Crippen molar-refractivity contribution in [1.29, 1.82) is 0 Å². The molecule has 1 aliphatic heterocycles. The van der Waals surface area contributed by atoms with Gasteiger partial charge in [0.05, 0.1) is 12.7 Å². The topological polar surface area (TPSA) is 81.7 Å². The second-order valence-electron chi connectivity index (χ2n) is 9.43. The molecule has 1 aliphatic rings. The largest absolute Gasteiger partial charge is 0.530 e. The maximum atomic E-state index is 12.9. The predicted octanol–water partition coefficient (Wildman–Crippen LogP) is 4.49. The molecule has 4 aromatic carbocycles. The van der Waals surface area contributed by atoms with Gasteiger partial charge < -0.3 is 24.9 Å². The van der Waals surface area contributed by atoms with Gasteiger partial charge in [-0.25, -0.2) is 0 Å². The lowest BCUT2D eigenvalue weighted by molar-refractivity contribution is -0.268. The standard InChI is InChI=1S/C31H30N2O4/c34-30(32-19-22-7-2-1-3-8-22)27-12-6-11-26(18-27)28-15-16-33(31(35)36)20-29(28)37-21-23-13-14-24-9-4-5-10-25(24)17-23/h1-14,17-18,28-29H,15-16,19-21H2,(H,32,34)(H,35,36)/p-1. The third kappa shape index (κ3) is 5.98. The van der Waals surface area contributed by atoms with Gasteiger partial charge in [-0.15, -0.1) is 0 Å². The molecule has 5 rings (SSSR count). The van der Waals surface area contributed by atoms with E-state index in [0.717, 1.165) is 27.5 Å². The molecule has 0 saturated carbocycles. The zero-order valence-corrected chi connectivity index (χ0v) is 20.5. The molecule has 1 saturated heterocycles. The van der Waals surface area contributed by atoms with Crippen LogP contribution in [0.4, 0.5) is 4.79 Å². The Labute approximate surface area is 216 Å². The first-order valence-corrected chi connectivity index (χ1v) is 12.5. The van der Waals surface area contributed by atoms with E-state index in [2.05, 4.69) is 29.6 Å². The molecule has 1 fully saturated rings. The maximum Gasteiger partial charge on any atom is 0.251 e. The lowest BCUT2D eigenvalue weighted by Crippen LogP contribution is -2.51. The fraction of sp³-hybridized carbons (Fsp3) is 0.226. The van der Waals surface area contributed by atoms with Crippen LogP contribution in [0.5, 0.6) is 0 Å². The van der Waals surface area contributed by atoms with E-state index >= 15 is 0 Å². The Morgan fingerprint density at radius 2 is 1.65 bits per heavy atom. The number of carbonyl (C=O) groups excluding carboxylic acids is 2. The van der Waals surface area contributed by atoms with Crippen molar-refractivity contribution in [1.82, 2.24) is 10.2 Å². The highest BCUT2D eigenvalue weighted by molar-refractivity contribution is 5.94. The number of benzene rings is 4. The van der Waals surface area contributed by atoms with Crippen molar-refractivity contribution in [2.75, 3.05) is 13.1 Å². The average molecular weight is 494 g/mol. The third-order valence-electron chi connectivity index (χ3n) is 6.97. The lowest BCUT2D eigenvalue weighted by atomic mass is 9.86.